The molecular formula is C17H16FNO. The van der Waals surface area contributed by atoms with Crippen molar-refractivity contribution in [3.63, 3.8) is 0 Å². The van der Waals surface area contributed by atoms with Crippen LogP contribution in [0.1, 0.15) is 34.3 Å². The lowest BCUT2D eigenvalue weighted by Gasteiger charge is -2.13. The summed E-state index contributed by atoms with van der Waals surface area (Å²) in [5.74, 6) is -0.763. The molecule has 0 bridgehead atoms. The first-order valence-electron chi connectivity index (χ1n) is 6.76. The summed E-state index contributed by atoms with van der Waals surface area (Å²) in [6.07, 6.45) is 2.11. The second-order valence-electron chi connectivity index (χ2n) is 5.37. The Morgan fingerprint density at radius 1 is 1.15 bits per heavy atom. The highest BCUT2D eigenvalue weighted by molar-refractivity contribution is 6.09. The van der Waals surface area contributed by atoms with Gasteiger partial charge in [0.25, 0.3) is 0 Å². The van der Waals surface area contributed by atoms with Gasteiger partial charge in [-0.2, -0.15) is 0 Å². The van der Waals surface area contributed by atoms with Gasteiger partial charge in [-0.3, -0.25) is 4.79 Å². The molecule has 2 aromatic carbocycles. The molecule has 3 rings (SSSR count). The van der Waals surface area contributed by atoms with Crippen molar-refractivity contribution in [2.75, 3.05) is 6.54 Å². The first-order chi connectivity index (χ1) is 9.66. The summed E-state index contributed by atoms with van der Waals surface area (Å²) in [6, 6.07) is 13.5. The third kappa shape index (κ3) is 2.14. The summed E-state index contributed by atoms with van der Waals surface area (Å²) in [7, 11) is 0. The molecule has 1 aliphatic carbocycles. The van der Waals surface area contributed by atoms with E-state index in [1.165, 1.54) is 12.1 Å². The van der Waals surface area contributed by atoms with Crippen LogP contribution < -0.4 is 5.73 Å². The van der Waals surface area contributed by atoms with E-state index in [1.54, 1.807) is 18.2 Å². The molecule has 0 radical (unpaired) electrons. The van der Waals surface area contributed by atoms with Gasteiger partial charge in [-0.05, 0) is 36.6 Å². The maximum Gasteiger partial charge on any atom is 0.195 e. The van der Waals surface area contributed by atoms with E-state index in [2.05, 4.69) is 0 Å². The fourth-order valence-electron chi connectivity index (χ4n) is 2.55. The molecule has 1 aliphatic rings. The highest BCUT2D eigenvalue weighted by atomic mass is 19.1. The summed E-state index contributed by atoms with van der Waals surface area (Å²) < 4.78 is 13.7. The van der Waals surface area contributed by atoms with Crippen LogP contribution in [-0.4, -0.2) is 12.3 Å². The molecule has 0 unspecified atom stereocenters. The molecule has 0 heterocycles. The van der Waals surface area contributed by atoms with Gasteiger partial charge < -0.3 is 5.73 Å². The van der Waals surface area contributed by atoms with E-state index in [4.69, 9.17) is 5.73 Å². The van der Waals surface area contributed by atoms with Crippen molar-refractivity contribution in [3.8, 4) is 0 Å². The van der Waals surface area contributed by atoms with E-state index in [1.807, 2.05) is 18.2 Å². The van der Waals surface area contributed by atoms with Crippen molar-refractivity contribution in [3.05, 3.63) is 71.0 Å². The maximum atomic E-state index is 13.7. The van der Waals surface area contributed by atoms with Crippen LogP contribution >= 0.6 is 0 Å². The first kappa shape index (κ1) is 13.0. The lowest BCUT2D eigenvalue weighted by molar-refractivity contribution is 0.103. The fraction of sp³-hybridized carbons (Fsp3) is 0.235. The topological polar surface area (TPSA) is 43.1 Å². The highest BCUT2D eigenvalue weighted by Crippen LogP contribution is 2.47. The normalized spacial score (nSPS) is 15.9. The van der Waals surface area contributed by atoms with Crippen LogP contribution in [0.5, 0.6) is 0 Å². The van der Waals surface area contributed by atoms with E-state index in [0.29, 0.717) is 12.1 Å². The summed E-state index contributed by atoms with van der Waals surface area (Å²) in [6.45, 7) is 0.588. The maximum absolute atomic E-state index is 13.7. The van der Waals surface area contributed by atoms with Gasteiger partial charge in [0.2, 0.25) is 0 Å². The van der Waals surface area contributed by atoms with Gasteiger partial charge >= 0.3 is 0 Å². The van der Waals surface area contributed by atoms with Gasteiger partial charge in [-0.25, -0.2) is 4.39 Å². The molecule has 1 fully saturated rings. The number of ketones is 1. The van der Waals surface area contributed by atoms with Crippen LogP contribution in [0, 0.1) is 5.82 Å². The molecule has 0 aromatic heterocycles. The van der Waals surface area contributed by atoms with Crippen molar-refractivity contribution in [1.82, 2.24) is 0 Å². The molecule has 2 aromatic rings. The molecule has 3 heteroatoms. The summed E-state index contributed by atoms with van der Waals surface area (Å²) in [5.41, 5.74) is 7.57. The number of hydrogen-bond donors (Lipinski definition) is 1. The predicted molar refractivity (Wildman–Crippen MR) is 76.2 cm³/mol. The summed E-state index contributed by atoms with van der Waals surface area (Å²) in [5, 5.41) is 0. The van der Waals surface area contributed by atoms with Gasteiger partial charge in [0.15, 0.2) is 5.78 Å². The Bertz CT molecular complexity index is 662. The van der Waals surface area contributed by atoms with Crippen LogP contribution in [0.2, 0.25) is 0 Å². The Morgan fingerprint density at radius 2 is 1.90 bits per heavy atom. The SMILES string of the molecule is NCC1(c2cccc(C(=O)c3ccccc3F)c2)CC1. The quantitative estimate of drug-likeness (QED) is 0.867. The molecule has 20 heavy (non-hydrogen) atoms. The molecule has 0 aliphatic heterocycles. The molecule has 0 saturated heterocycles. The first-order valence-corrected chi connectivity index (χ1v) is 6.76. The molecule has 2 N–H and O–H groups in total. The lowest BCUT2D eigenvalue weighted by atomic mass is 9.92. The van der Waals surface area contributed by atoms with E-state index < -0.39 is 5.82 Å². The summed E-state index contributed by atoms with van der Waals surface area (Å²) >= 11 is 0. The Morgan fingerprint density at radius 3 is 2.55 bits per heavy atom. The number of nitrogens with two attached hydrogens (primary N) is 1. The van der Waals surface area contributed by atoms with Gasteiger partial charge in [-0.1, -0.05) is 30.3 Å². The van der Waals surface area contributed by atoms with Crippen LogP contribution in [0.25, 0.3) is 0 Å². The Hall–Kier alpha value is -2.00. The number of carbonyl (C=O) groups excluding carboxylic acids is 1. The Labute approximate surface area is 117 Å². The van der Waals surface area contributed by atoms with Crippen LogP contribution in [0.3, 0.4) is 0 Å². The number of halogens is 1. The van der Waals surface area contributed by atoms with E-state index in [0.717, 1.165) is 18.4 Å². The van der Waals surface area contributed by atoms with Gasteiger partial charge in [0.05, 0.1) is 5.56 Å². The van der Waals surface area contributed by atoms with Gasteiger partial charge in [0, 0.05) is 17.5 Å². The third-order valence-electron chi connectivity index (χ3n) is 4.10. The minimum absolute atomic E-state index is 0.0333. The van der Waals surface area contributed by atoms with Crippen LogP contribution in [0.4, 0.5) is 4.39 Å². The zero-order valence-electron chi connectivity index (χ0n) is 11.1. The molecule has 102 valence electrons. The Balaban J connectivity index is 1.97. The third-order valence-corrected chi connectivity index (χ3v) is 4.10. The zero-order chi connectivity index (χ0) is 14.2. The number of carbonyl (C=O) groups is 1. The van der Waals surface area contributed by atoms with Crippen molar-refractivity contribution < 1.29 is 9.18 Å². The highest BCUT2D eigenvalue weighted by Gasteiger charge is 2.42. The minimum Gasteiger partial charge on any atom is -0.330 e. The van der Waals surface area contributed by atoms with Crippen molar-refractivity contribution >= 4 is 5.78 Å². The monoisotopic (exact) mass is 269 g/mol. The van der Waals surface area contributed by atoms with Gasteiger partial charge in [0.1, 0.15) is 5.82 Å². The average molecular weight is 269 g/mol. The average Bonchev–Trinajstić information content (AvgIpc) is 3.28. The number of benzene rings is 2. The molecular weight excluding hydrogens is 253 g/mol. The smallest absolute Gasteiger partial charge is 0.195 e. The van der Waals surface area contributed by atoms with Crippen molar-refractivity contribution in [2.24, 2.45) is 5.73 Å². The number of rotatable bonds is 4. The van der Waals surface area contributed by atoms with E-state index in [-0.39, 0.29) is 16.8 Å². The fourth-order valence-corrected chi connectivity index (χ4v) is 2.55. The molecule has 2 nitrogen and oxygen atoms in total. The Kier molecular flexibility index (Phi) is 3.14. The molecule has 0 atom stereocenters. The van der Waals surface area contributed by atoms with Crippen molar-refractivity contribution in [2.45, 2.75) is 18.3 Å². The molecule has 0 spiro atoms. The zero-order valence-corrected chi connectivity index (χ0v) is 11.1. The lowest BCUT2D eigenvalue weighted by Crippen LogP contribution is -2.20. The summed E-state index contributed by atoms with van der Waals surface area (Å²) in [4.78, 5) is 12.4. The van der Waals surface area contributed by atoms with Crippen LogP contribution in [-0.2, 0) is 5.41 Å². The number of hydrogen-bond acceptors (Lipinski definition) is 2. The predicted octanol–water partition coefficient (Wildman–Crippen LogP) is 3.05. The second-order valence-corrected chi connectivity index (χ2v) is 5.37. The van der Waals surface area contributed by atoms with E-state index in [9.17, 15) is 9.18 Å². The largest absolute Gasteiger partial charge is 0.330 e. The van der Waals surface area contributed by atoms with Crippen LogP contribution in [0.15, 0.2) is 48.5 Å². The molecule has 1 saturated carbocycles. The molecule has 0 amide bonds. The standard InChI is InChI=1S/C17H16FNO/c18-15-7-2-1-6-14(15)16(20)12-4-3-5-13(10-12)17(11-19)8-9-17/h1-7,10H,8-9,11,19H2. The van der Waals surface area contributed by atoms with Crippen molar-refractivity contribution in [1.29, 1.82) is 0 Å². The van der Waals surface area contributed by atoms with Gasteiger partial charge in [-0.15, -0.1) is 0 Å². The second kappa shape index (κ2) is 4.84. The minimum atomic E-state index is -0.483. The van der Waals surface area contributed by atoms with E-state index >= 15 is 0 Å².